The van der Waals surface area contributed by atoms with Gasteiger partial charge in [0.05, 0.1) is 17.8 Å². The average Bonchev–Trinajstić information content (AvgIpc) is 3.19. The van der Waals surface area contributed by atoms with Crippen molar-refractivity contribution in [3.63, 3.8) is 0 Å². The van der Waals surface area contributed by atoms with Crippen LogP contribution in [-0.4, -0.2) is 9.78 Å². The van der Waals surface area contributed by atoms with E-state index >= 15 is 0 Å². The van der Waals surface area contributed by atoms with Crippen LogP contribution in [-0.2, 0) is 19.1 Å². The van der Waals surface area contributed by atoms with Crippen LogP contribution in [0.1, 0.15) is 27.8 Å². The summed E-state index contributed by atoms with van der Waals surface area (Å²) in [5, 5.41) is 4.95. The first-order valence-corrected chi connectivity index (χ1v) is 11.1. The summed E-state index contributed by atoms with van der Waals surface area (Å²) in [6.07, 6.45) is -3.67. The summed E-state index contributed by atoms with van der Waals surface area (Å²) in [4.78, 5) is 0. The molecule has 0 bridgehead atoms. The minimum atomic E-state index is -4.47. The Labute approximate surface area is 196 Å². The van der Waals surface area contributed by atoms with Gasteiger partial charge in [0, 0.05) is 10.9 Å². The molecule has 0 aliphatic carbocycles. The van der Waals surface area contributed by atoms with Crippen LogP contribution in [0, 0.1) is 6.92 Å². The Kier molecular flexibility index (Phi) is 5.70. The van der Waals surface area contributed by atoms with E-state index in [9.17, 15) is 13.2 Å². The lowest BCUT2D eigenvalue weighted by Crippen LogP contribution is -2.06. The molecule has 0 saturated carbocycles. The van der Waals surface area contributed by atoms with E-state index in [1.54, 1.807) is 10.7 Å². The first-order valence-electron chi connectivity index (χ1n) is 11.1. The van der Waals surface area contributed by atoms with Gasteiger partial charge in [0.1, 0.15) is 5.52 Å². The summed E-state index contributed by atoms with van der Waals surface area (Å²) in [6, 6.07) is 30.2. The Balaban J connectivity index is 1.60. The topological polar surface area (TPSA) is 17.8 Å². The van der Waals surface area contributed by atoms with Crippen molar-refractivity contribution in [1.82, 2.24) is 9.78 Å². The minimum Gasteiger partial charge on any atom is -0.259 e. The Morgan fingerprint density at radius 3 is 2.15 bits per heavy atom. The number of benzene rings is 4. The van der Waals surface area contributed by atoms with Crippen molar-refractivity contribution in [3.05, 3.63) is 125 Å². The van der Waals surface area contributed by atoms with E-state index in [2.05, 4.69) is 24.2 Å². The number of halogens is 3. The summed E-state index contributed by atoms with van der Waals surface area (Å²) < 4.78 is 42.9. The lowest BCUT2D eigenvalue weighted by atomic mass is 9.98. The van der Waals surface area contributed by atoms with Crippen molar-refractivity contribution < 1.29 is 13.2 Å². The zero-order valence-corrected chi connectivity index (χ0v) is 18.7. The molecule has 0 aliphatic rings. The second kappa shape index (κ2) is 8.82. The molecule has 5 rings (SSSR count). The fourth-order valence-corrected chi connectivity index (χ4v) is 4.36. The highest BCUT2D eigenvalue weighted by Gasteiger charge is 2.34. The Hall–Kier alpha value is -3.86. The van der Waals surface area contributed by atoms with Crippen LogP contribution in [0.15, 0.2) is 97.1 Å². The lowest BCUT2D eigenvalue weighted by molar-refractivity contribution is -0.136. The third kappa shape index (κ3) is 4.34. The molecule has 0 radical (unpaired) electrons. The molecule has 0 unspecified atom stereocenters. The van der Waals surface area contributed by atoms with Crippen LogP contribution in [0.3, 0.4) is 0 Å². The third-order valence-electron chi connectivity index (χ3n) is 6.13. The van der Waals surface area contributed by atoms with E-state index in [0.717, 1.165) is 29.2 Å². The molecule has 0 atom stereocenters. The maximum atomic E-state index is 13.7. The van der Waals surface area contributed by atoms with Crippen molar-refractivity contribution in [2.45, 2.75) is 26.1 Å². The second-order valence-electron chi connectivity index (χ2n) is 8.49. The number of aryl methyl sites for hydroxylation is 1. The summed E-state index contributed by atoms with van der Waals surface area (Å²) in [5.74, 6) is 0. The van der Waals surface area contributed by atoms with Gasteiger partial charge in [-0.25, -0.2) is 0 Å². The van der Waals surface area contributed by atoms with Crippen LogP contribution in [0.4, 0.5) is 13.2 Å². The summed E-state index contributed by atoms with van der Waals surface area (Å²) in [6.45, 7) is 2.48. The van der Waals surface area contributed by atoms with Gasteiger partial charge < -0.3 is 0 Å². The largest absolute Gasteiger partial charge is 0.418 e. The molecule has 170 valence electrons. The quantitative estimate of drug-likeness (QED) is 0.265. The second-order valence-corrected chi connectivity index (χ2v) is 8.49. The molecule has 34 heavy (non-hydrogen) atoms. The number of nitrogens with zero attached hydrogens (tertiary/aromatic N) is 2. The van der Waals surface area contributed by atoms with Gasteiger partial charge in [-0.2, -0.15) is 18.3 Å². The van der Waals surface area contributed by atoms with Gasteiger partial charge >= 0.3 is 6.18 Å². The maximum Gasteiger partial charge on any atom is 0.418 e. The molecule has 2 nitrogen and oxygen atoms in total. The van der Waals surface area contributed by atoms with Gasteiger partial charge in [0.25, 0.3) is 0 Å². The highest BCUT2D eigenvalue weighted by Crippen LogP contribution is 2.38. The molecule has 0 aliphatic heterocycles. The SMILES string of the molecule is Cc1ccccc1Cc1ccc(-c2c3cccc(C(F)(F)F)c3nn2Cc2ccccc2)cc1. The zero-order chi connectivity index (χ0) is 23.7. The summed E-state index contributed by atoms with van der Waals surface area (Å²) in [7, 11) is 0. The Morgan fingerprint density at radius 2 is 1.44 bits per heavy atom. The van der Waals surface area contributed by atoms with Crippen LogP contribution < -0.4 is 0 Å². The molecule has 0 saturated heterocycles. The Bertz CT molecular complexity index is 1430. The molecule has 5 heteroatoms. The van der Waals surface area contributed by atoms with Crippen LogP contribution in [0.25, 0.3) is 22.2 Å². The number of aromatic nitrogens is 2. The van der Waals surface area contributed by atoms with Gasteiger partial charge in [-0.05, 0) is 41.7 Å². The molecule has 5 aromatic rings. The van der Waals surface area contributed by atoms with E-state index in [1.165, 1.54) is 17.2 Å². The predicted molar refractivity (Wildman–Crippen MR) is 130 cm³/mol. The fourth-order valence-electron chi connectivity index (χ4n) is 4.36. The molecule has 0 N–H and O–H groups in total. The monoisotopic (exact) mass is 456 g/mol. The number of hydrogen-bond donors (Lipinski definition) is 0. The third-order valence-corrected chi connectivity index (χ3v) is 6.13. The molecule has 0 amide bonds. The molecule has 0 fully saturated rings. The first-order chi connectivity index (χ1) is 16.4. The van der Waals surface area contributed by atoms with Crippen LogP contribution >= 0.6 is 0 Å². The minimum absolute atomic E-state index is 0.0232. The molecule has 1 heterocycles. The van der Waals surface area contributed by atoms with Gasteiger partial charge in [0.15, 0.2) is 0 Å². The van der Waals surface area contributed by atoms with Crippen LogP contribution in [0.5, 0.6) is 0 Å². The highest BCUT2D eigenvalue weighted by molar-refractivity contribution is 5.95. The first kappa shape index (κ1) is 22.0. The fraction of sp³-hybridized carbons (Fsp3) is 0.138. The van der Waals surface area contributed by atoms with Crippen molar-refractivity contribution in [2.75, 3.05) is 0 Å². The molecule has 0 spiro atoms. The van der Waals surface area contributed by atoms with Gasteiger partial charge in [0.2, 0.25) is 0 Å². The molecular weight excluding hydrogens is 433 g/mol. The summed E-state index contributed by atoms with van der Waals surface area (Å²) >= 11 is 0. The zero-order valence-electron chi connectivity index (χ0n) is 18.7. The highest BCUT2D eigenvalue weighted by atomic mass is 19.4. The number of alkyl halides is 3. The van der Waals surface area contributed by atoms with E-state index in [1.807, 2.05) is 66.7 Å². The van der Waals surface area contributed by atoms with Crippen molar-refractivity contribution in [1.29, 1.82) is 0 Å². The van der Waals surface area contributed by atoms with Crippen LogP contribution in [0.2, 0.25) is 0 Å². The van der Waals surface area contributed by atoms with Gasteiger partial charge in [-0.1, -0.05) is 91.0 Å². The van der Waals surface area contributed by atoms with E-state index in [-0.39, 0.29) is 5.52 Å². The lowest BCUT2D eigenvalue weighted by Gasteiger charge is -2.10. The maximum absolute atomic E-state index is 13.7. The smallest absolute Gasteiger partial charge is 0.259 e. The van der Waals surface area contributed by atoms with Crippen molar-refractivity contribution in [2.24, 2.45) is 0 Å². The standard InChI is InChI=1S/C29H23F3N2/c1-20-8-5-6-11-24(20)18-21-14-16-23(17-15-21)28-25-12-7-13-26(29(30,31)32)27(25)33-34(28)19-22-9-3-2-4-10-22/h2-17H,18-19H2,1H3. The van der Waals surface area contributed by atoms with Gasteiger partial charge in [-0.15, -0.1) is 0 Å². The van der Waals surface area contributed by atoms with Crippen molar-refractivity contribution in [3.8, 4) is 11.3 Å². The summed E-state index contributed by atoms with van der Waals surface area (Å²) in [5.41, 5.74) is 5.40. The van der Waals surface area contributed by atoms with E-state index in [0.29, 0.717) is 17.6 Å². The number of fused-ring (bicyclic) bond motifs is 1. The average molecular weight is 457 g/mol. The van der Waals surface area contributed by atoms with E-state index in [4.69, 9.17) is 0 Å². The van der Waals surface area contributed by atoms with Crippen molar-refractivity contribution >= 4 is 10.9 Å². The van der Waals surface area contributed by atoms with Gasteiger partial charge in [-0.3, -0.25) is 4.68 Å². The molecule has 1 aromatic heterocycles. The van der Waals surface area contributed by atoms with E-state index < -0.39 is 11.7 Å². The number of hydrogen-bond acceptors (Lipinski definition) is 1. The number of rotatable bonds is 5. The normalized spacial score (nSPS) is 11.8. The molecule has 4 aromatic carbocycles. The Morgan fingerprint density at radius 1 is 0.735 bits per heavy atom. The predicted octanol–water partition coefficient (Wildman–Crippen LogP) is 7.67. The molecular formula is C29H23F3N2.